The molecule has 0 aromatic carbocycles. The largest absolute Gasteiger partial charge is 0.383 e. The van der Waals surface area contributed by atoms with Crippen molar-refractivity contribution in [3.8, 4) is 0 Å². The molecule has 0 amide bonds. The van der Waals surface area contributed by atoms with E-state index in [0.717, 1.165) is 43.8 Å². The lowest BCUT2D eigenvalue weighted by Crippen LogP contribution is -2.52. The fourth-order valence-electron chi connectivity index (χ4n) is 7.14. The number of hydrogen-bond donors (Lipinski definition) is 4. The van der Waals surface area contributed by atoms with E-state index in [4.69, 9.17) is 10.7 Å². The number of unbranched alkanes of at least 4 members (excludes halogenated alkanes) is 3. The minimum Gasteiger partial charge on any atom is -0.383 e. The van der Waals surface area contributed by atoms with Crippen molar-refractivity contribution in [2.24, 2.45) is 17.8 Å². The van der Waals surface area contributed by atoms with Crippen molar-refractivity contribution in [2.45, 2.75) is 109 Å². The van der Waals surface area contributed by atoms with Gasteiger partial charge in [-0.3, -0.25) is 9.46 Å². The molecule has 4 rings (SSSR count). The molecule has 3 aliphatic rings. The minimum absolute atomic E-state index is 0.103. The maximum Gasteiger partial charge on any atom is 0.326 e. The maximum absolute atomic E-state index is 11.3. The molecule has 2 heterocycles. The first kappa shape index (κ1) is 31.5. The molecule has 9 nitrogen and oxygen atoms in total. The molecule has 0 bridgehead atoms. The second kappa shape index (κ2) is 15.7. The van der Waals surface area contributed by atoms with Gasteiger partial charge >= 0.3 is 7.60 Å². The van der Waals surface area contributed by atoms with Crippen LogP contribution < -0.4 is 16.0 Å². The Morgan fingerprint density at radius 3 is 2.23 bits per heavy atom. The fraction of sp³-hybridized carbons (Fsp3) is 0.867. The zero-order chi connectivity index (χ0) is 28.4. The van der Waals surface area contributed by atoms with E-state index in [1.165, 1.54) is 96.3 Å². The van der Waals surface area contributed by atoms with Crippen molar-refractivity contribution < 1.29 is 14.4 Å². The summed E-state index contributed by atoms with van der Waals surface area (Å²) in [7, 11) is -3.98. The molecule has 0 spiro atoms. The molecule has 1 aliphatic heterocycles. The molecule has 2 aliphatic carbocycles. The molecule has 5 N–H and O–H groups in total. The Balaban J connectivity index is 1.11. The van der Waals surface area contributed by atoms with E-state index in [0.29, 0.717) is 24.2 Å². The molecule has 3 fully saturated rings. The lowest BCUT2D eigenvalue weighted by atomic mass is 9.79. The number of nitrogen functional groups attached to an aromatic ring is 1. The highest BCUT2D eigenvalue weighted by Gasteiger charge is 2.27. The van der Waals surface area contributed by atoms with Gasteiger partial charge in [-0.2, -0.15) is 9.97 Å². The molecule has 10 heteroatoms. The van der Waals surface area contributed by atoms with Crippen LogP contribution in [0, 0.1) is 17.8 Å². The summed E-state index contributed by atoms with van der Waals surface area (Å²) in [4.78, 5) is 32.0. The van der Waals surface area contributed by atoms with E-state index >= 15 is 0 Å². The molecule has 228 valence electrons. The first-order valence-corrected chi connectivity index (χ1v) is 18.0. The standard InChI is InChI=1S/C30H55N6O3P/c1-24-23-36(18-17-35(24)19-20-40(37,38)39)29-21-28(31)33-30(34-29)32-22-27-15-13-26(14-16-27)12-6-3-2-5-9-25-10-7-4-8-11-25/h21,24-27H,2-20,22-23H2,1H3,(H2,37,38,39)(H3,31,32,33,34)/t24-,26?,27?/m1/s1. The lowest BCUT2D eigenvalue weighted by Gasteiger charge is -2.40. The molecule has 1 aromatic heterocycles. The van der Waals surface area contributed by atoms with Crippen molar-refractivity contribution in [2.75, 3.05) is 54.8 Å². The predicted molar refractivity (Wildman–Crippen MR) is 165 cm³/mol. The molecule has 1 atom stereocenters. The average Bonchev–Trinajstić information content (AvgIpc) is 2.93. The van der Waals surface area contributed by atoms with Gasteiger partial charge in [-0.05, 0) is 37.5 Å². The number of nitrogens with zero attached hydrogens (tertiary/aromatic N) is 4. The molecule has 1 aromatic rings. The second-order valence-corrected chi connectivity index (χ2v) is 14.7. The molecule has 2 saturated carbocycles. The van der Waals surface area contributed by atoms with E-state index in [1.807, 2.05) is 6.07 Å². The van der Waals surface area contributed by atoms with Crippen LogP contribution in [0.2, 0.25) is 0 Å². The van der Waals surface area contributed by atoms with Gasteiger partial charge < -0.3 is 25.7 Å². The number of aromatic nitrogens is 2. The summed E-state index contributed by atoms with van der Waals surface area (Å²) < 4.78 is 11.3. The van der Waals surface area contributed by atoms with Crippen molar-refractivity contribution >= 4 is 25.2 Å². The van der Waals surface area contributed by atoms with Gasteiger partial charge in [-0.15, -0.1) is 0 Å². The van der Waals surface area contributed by atoms with Crippen molar-refractivity contribution in [1.82, 2.24) is 14.9 Å². The topological polar surface area (TPSA) is 128 Å². The summed E-state index contributed by atoms with van der Waals surface area (Å²) in [5.41, 5.74) is 6.15. The highest BCUT2D eigenvalue weighted by atomic mass is 31.2. The Labute approximate surface area is 242 Å². The number of nitrogens with one attached hydrogen (secondary N) is 1. The second-order valence-electron chi connectivity index (χ2n) is 13.0. The van der Waals surface area contributed by atoms with Gasteiger partial charge in [0, 0.05) is 44.8 Å². The molecule has 1 saturated heterocycles. The van der Waals surface area contributed by atoms with Crippen LogP contribution in [0.15, 0.2) is 6.07 Å². The molecule has 0 unspecified atom stereocenters. The summed E-state index contributed by atoms with van der Waals surface area (Å²) in [5.74, 6) is 4.49. The normalized spacial score (nSPS) is 25.3. The Hall–Kier alpha value is -1.41. The third kappa shape index (κ3) is 10.8. The van der Waals surface area contributed by atoms with Gasteiger partial charge in [0.1, 0.15) is 11.6 Å². The number of anilines is 3. The number of nitrogens with two attached hydrogens (primary N) is 1. The third-order valence-electron chi connectivity index (χ3n) is 9.71. The summed E-state index contributed by atoms with van der Waals surface area (Å²) in [5, 5.41) is 3.47. The van der Waals surface area contributed by atoms with Crippen LogP contribution in [0.1, 0.15) is 103 Å². The Morgan fingerprint density at radius 2 is 1.57 bits per heavy atom. The molecular formula is C30H55N6O3P. The van der Waals surface area contributed by atoms with Crippen LogP contribution >= 0.6 is 7.60 Å². The van der Waals surface area contributed by atoms with Crippen LogP contribution in [-0.2, 0) is 4.57 Å². The maximum atomic E-state index is 11.3. The summed E-state index contributed by atoms with van der Waals surface area (Å²) in [6.45, 7) is 5.60. The van der Waals surface area contributed by atoms with E-state index in [-0.39, 0.29) is 12.2 Å². The highest BCUT2D eigenvalue weighted by molar-refractivity contribution is 7.51. The SMILES string of the molecule is C[C@@H]1CN(c2cc(N)nc(NCC3CCC(CCCCCCC4CCCCC4)CC3)n2)CCN1CCP(=O)(O)O. The fourth-order valence-corrected chi connectivity index (χ4v) is 7.66. The van der Waals surface area contributed by atoms with Crippen molar-refractivity contribution in [3.63, 3.8) is 0 Å². The minimum atomic E-state index is -3.98. The van der Waals surface area contributed by atoms with Crippen LogP contribution in [0.4, 0.5) is 17.6 Å². The Bertz CT molecular complexity index is 932. The molecule has 40 heavy (non-hydrogen) atoms. The molecule has 0 radical (unpaired) electrons. The summed E-state index contributed by atoms with van der Waals surface area (Å²) >= 11 is 0. The summed E-state index contributed by atoms with van der Waals surface area (Å²) in [6.07, 6.45) is 21.2. The molecular weight excluding hydrogens is 523 g/mol. The van der Waals surface area contributed by atoms with Crippen LogP contribution in [0.25, 0.3) is 0 Å². The summed E-state index contributed by atoms with van der Waals surface area (Å²) in [6, 6.07) is 1.99. The van der Waals surface area contributed by atoms with Crippen molar-refractivity contribution in [3.05, 3.63) is 6.07 Å². The van der Waals surface area contributed by atoms with E-state index in [9.17, 15) is 14.4 Å². The van der Waals surface area contributed by atoms with E-state index in [2.05, 4.69) is 27.0 Å². The predicted octanol–water partition coefficient (Wildman–Crippen LogP) is 5.89. The highest BCUT2D eigenvalue weighted by Crippen LogP contribution is 2.35. The number of piperazine rings is 1. The van der Waals surface area contributed by atoms with Gasteiger partial charge in [0.05, 0.1) is 6.16 Å². The van der Waals surface area contributed by atoms with E-state index < -0.39 is 7.60 Å². The monoisotopic (exact) mass is 578 g/mol. The zero-order valence-electron chi connectivity index (χ0n) is 24.9. The third-order valence-corrected chi connectivity index (χ3v) is 10.5. The van der Waals surface area contributed by atoms with Crippen LogP contribution in [-0.4, -0.2) is 69.6 Å². The quantitative estimate of drug-likeness (QED) is 0.158. The van der Waals surface area contributed by atoms with Gasteiger partial charge in [-0.25, -0.2) is 0 Å². The lowest BCUT2D eigenvalue weighted by molar-refractivity contribution is 0.196. The zero-order valence-corrected chi connectivity index (χ0v) is 25.7. The van der Waals surface area contributed by atoms with Gasteiger partial charge in [0.2, 0.25) is 5.95 Å². The van der Waals surface area contributed by atoms with Crippen LogP contribution in [0.5, 0.6) is 0 Å². The van der Waals surface area contributed by atoms with Gasteiger partial charge in [0.25, 0.3) is 0 Å². The smallest absolute Gasteiger partial charge is 0.326 e. The average molecular weight is 579 g/mol. The Morgan fingerprint density at radius 1 is 0.925 bits per heavy atom. The number of rotatable bonds is 14. The van der Waals surface area contributed by atoms with Gasteiger partial charge in [0.15, 0.2) is 0 Å². The first-order chi connectivity index (χ1) is 19.2. The Kier molecular flexibility index (Phi) is 12.4. The van der Waals surface area contributed by atoms with Crippen LogP contribution in [0.3, 0.4) is 0 Å². The van der Waals surface area contributed by atoms with Gasteiger partial charge in [-0.1, -0.05) is 83.5 Å². The number of hydrogen-bond acceptors (Lipinski definition) is 7. The van der Waals surface area contributed by atoms with Crippen molar-refractivity contribution in [1.29, 1.82) is 0 Å². The van der Waals surface area contributed by atoms with E-state index in [1.54, 1.807) is 0 Å². The first-order valence-electron chi connectivity index (χ1n) is 16.2.